The Balaban J connectivity index is 2.04. The highest BCUT2D eigenvalue weighted by Crippen LogP contribution is 2.27. The van der Waals surface area contributed by atoms with Crippen LogP contribution in [0.1, 0.15) is 25.0 Å². The van der Waals surface area contributed by atoms with E-state index in [1.54, 1.807) is 0 Å². The van der Waals surface area contributed by atoms with Crippen LogP contribution in [0.5, 0.6) is 5.75 Å². The van der Waals surface area contributed by atoms with E-state index in [0.29, 0.717) is 6.61 Å². The van der Waals surface area contributed by atoms with Crippen molar-refractivity contribution in [2.75, 3.05) is 0 Å². The molecule has 0 saturated carbocycles. The van der Waals surface area contributed by atoms with Crippen LogP contribution in [-0.4, -0.2) is 5.24 Å². The van der Waals surface area contributed by atoms with Gasteiger partial charge in [-0.05, 0) is 48.7 Å². The Morgan fingerprint density at radius 1 is 1.05 bits per heavy atom. The average molecular weight is 289 g/mol. The number of carbonyl (C=O) groups is 1. The van der Waals surface area contributed by atoms with Gasteiger partial charge in [0.25, 0.3) is 0 Å². The van der Waals surface area contributed by atoms with Gasteiger partial charge in [-0.25, -0.2) is 0 Å². The quantitative estimate of drug-likeness (QED) is 0.767. The van der Waals surface area contributed by atoms with E-state index < -0.39 is 5.41 Å². The van der Waals surface area contributed by atoms with Crippen molar-refractivity contribution in [1.82, 2.24) is 0 Å². The third kappa shape index (κ3) is 3.40. The van der Waals surface area contributed by atoms with Gasteiger partial charge in [0.15, 0.2) is 0 Å². The summed E-state index contributed by atoms with van der Waals surface area (Å²) in [6.45, 7) is 4.14. The van der Waals surface area contributed by atoms with Crippen LogP contribution >= 0.6 is 11.6 Å². The standard InChI is InChI=1S/C17H17ClO2/c1-17(2,16(18)19)14-8-10-15(11-9-14)20-12-13-6-4-3-5-7-13/h3-11H,12H2,1-2H3. The van der Waals surface area contributed by atoms with E-state index in [2.05, 4.69) is 0 Å². The van der Waals surface area contributed by atoms with E-state index in [4.69, 9.17) is 16.3 Å². The van der Waals surface area contributed by atoms with Crippen LogP contribution in [-0.2, 0) is 16.8 Å². The van der Waals surface area contributed by atoms with Gasteiger partial charge in [-0.15, -0.1) is 0 Å². The summed E-state index contributed by atoms with van der Waals surface area (Å²) in [6, 6.07) is 17.4. The topological polar surface area (TPSA) is 26.3 Å². The molecular formula is C17H17ClO2. The van der Waals surface area contributed by atoms with E-state index in [9.17, 15) is 4.79 Å². The van der Waals surface area contributed by atoms with E-state index in [1.807, 2.05) is 68.4 Å². The summed E-state index contributed by atoms with van der Waals surface area (Å²) in [5.41, 5.74) is 1.32. The number of hydrogen-bond donors (Lipinski definition) is 0. The van der Waals surface area contributed by atoms with E-state index in [-0.39, 0.29) is 5.24 Å². The fourth-order valence-corrected chi connectivity index (χ4v) is 1.93. The summed E-state index contributed by atoms with van der Waals surface area (Å²) >= 11 is 5.61. The molecule has 0 bridgehead atoms. The molecule has 3 heteroatoms. The van der Waals surface area contributed by atoms with Crippen LogP contribution in [0.2, 0.25) is 0 Å². The van der Waals surface area contributed by atoms with Crippen molar-refractivity contribution in [1.29, 1.82) is 0 Å². The fourth-order valence-electron chi connectivity index (χ4n) is 1.82. The maximum atomic E-state index is 11.4. The second-order valence-corrected chi connectivity index (χ2v) is 5.54. The number of rotatable bonds is 5. The molecule has 0 N–H and O–H groups in total. The van der Waals surface area contributed by atoms with Crippen LogP contribution in [0.25, 0.3) is 0 Å². The second kappa shape index (κ2) is 6.10. The molecule has 0 heterocycles. The maximum absolute atomic E-state index is 11.4. The lowest BCUT2D eigenvalue weighted by Crippen LogP contribution is -2.24. The number of carbonyl (C=O) groups excluding carboxylic acids is 1. The zero-order valence-corrected chi connectivity index (χ0v) is 12.4. The van der Waals surface area contributed by atoms with Gasteiger partial charge < -0.3 is 4.74 Å². The van der Waals surface area contributed by atoms with Crippen molar-refractivity contribution >= 4 is 16.8 Å². The Bertz CT molecular complexity index is 574. The third-order valence-corrected chi connectivity index (χ3v) is 3.79. The molecule has 0 aromatic heterocycles. The number of hydrogen-bond acceptors (Lipinski definition) is 2. The zero-order valence-electron chi connectivity index (χ0n) is 11.6. The van der Waals surface area contributed by atoms with Crippen LogP contribution in [0.15, 0.2) is 54.6 Å². The molecule has 0 unspecified atom stereocenters. The Labute approximate surface area is 124 Å². The average Bonchev–Trinajstić information content (AvgIpc) is 2.46. The second-order valence-electron chi connectivity index (χ2n) is 5.20. The van der Waals surface area contributed by atoms with Gasteiger partial charge in [-0.1, -0.05) is 42.5 Å². The molecule has 0 amide bonds. The molecule has 0 aliphatic heterocycles. The van der Waals surface area contributed by atoms with E-state index in [1.165, 1.54) is 0 Å². The van der Waals surface area contributed by atoms with Crippen LogP contribution < -0.4 is 4.74 Å². The first-order chi connectivity index (χ1) is 9.50. The molecule has 0 fully saturated rings. The SMILES string of the molecule is CC(C)(C(=O)Cl)c1ccc(OCc2ccccc2)cc1. The lowest BCUT2D eigenvalue weighted by Gasteiger charge is -2.20. The molecule has 0 radical (unpaired) electrons. The smallest absolute Gasteiger partial charge is 0.231 e. The van der Waals surface area contributed by atoms with Crippen molar-refractivity contribution in [2.24, 2.45) is 0 Å². The molecular weight excluding hydrogens is 272 g/mol. The van der Waals surface area contributed by atoms with E-state index in [0.717, 1.165) is 16.9 Å². The van der Waals surface area contributed by atoms with Gasteiger partial charge in [-0.3, -0.25) is 4.79 Å². The molecule has 2 nitrogen and oxygen atoms in total. The van der Waals surface area contributed by atoms with Crippen molar-refractivity contribution < 1.29 is 9.53 Å². The molecule has 0 aliphatic rings. The molecule has 0 atom stereocenters. The summed E-state index contributed by atoms with van der Waals surface area (Å²) < 4.78 is 5.70. The molecule has 2 aromatic rings. The van der Waals surface area contributed by atoms with E-state index >= 15 is 0 Å². The lowest BCUT2D eigenvalue weighted by molar-refractivity contribution is -0.115. The molecule has 0 spiro atoms. The highest BCUT2D eigenvalue weighted by atomic mass is 35.5. The van der Waals surface area contributed by atoms with Crippen LogP contribution in [0.4, 0.5) is 0 Å². The maximum Gasteiger partial charge on any atom is 0.231 e. The van der Waals surface area contributed by atoms with Crippen molar-refractivity contribution in [3.05, 3.63) is 65.7 Å². The summed E-state index contributed by atoms with van der Waals surface area (Å²) in [6.07, 6.45) is 0. The van der Waals surface area contributed by atoms with Crippen LogP contribution in [0.3, 0.4) is 0 Å². The van der Waals surface area contributed by atoms with Crippen molar-refractivity contribution in [3.8, 4) is 5.75 Å². The predicted octanol–water partition coefficient (Wildman–Crippen LogP) is 4.31. The van der Waals surface area contributed by atoms with Gasteiger partial charge in [-0.2, -0.15) is 0 Å². The van der Waals surface area contributed by atoms with Gasteiger partial charge >= 0.3 is 0 Å². The molecule has 104 valence electrons. The highest BCUT2D eigenvalue weighted by Gasteiger charge is 2.27. The van der Waals surface area contributed by atoms with Gasteiger partial charge in [0.1, 0.15) is 12.4 Å². The summed E-state index contributed by atoms with van der Waals surface area (Å²) in [5, 5.41) is -0.365. The Morgan fingerprint density at radius 2 is 1.65 bits per heavy atom. The van der Waals surface area contributed by atoms with Gasteiger partial charge in [0.05, 0.1) is 5.41 Å². The van der Waals surface area contributed by atoms with Crippen molar-refractivity contribution in [3.63, 3.8) is 0 Å². The predicted molar refractivity (Wildman–Crippen MR) is 81.1 cm³/mol. The summed E-state index contributed by atoms with van der Waals surface area (Å²) in [5.74, 6) is 0.774. The minimum Gasteiger partial charge on any atom is -0.489 e. The van der Waals surface area contributed by atoms with Crippen LogP contribution in [0, 0.1) is 0 Å². The Morgan fingerprint density at radius 3 is 2.20 bits per heavy atom. The highest BCUT2D eigenvalue weighted by molar-refractivity contribution is 6.65. The van der Waals surface area contributed by atoms with Gasteiger partial charge in [0.2, 0.25) is 5.24 Å². The third-order valence-electron chi connectivity index (χ3n) is 3.32. The minimum absolute atomic E-state index is 0.365. The minimum atomic E-state index is -0.681. The first-order valence-corrected chi connectivity index (χ1v) is 6.85. The molecule has 2 rings (SSSR count). The fraction of sp³-hybridized carbons (Fsp3) is 0.235. The molecule has 2 aromatic carbocycles. The lowest BCUT2D eigenvalue weighted by atomic mass is 9.86. The molecule has 0 saturated heterocycles. The first-order valence-electron chi connectivity index (χ1n) is 6.47. The Hall–Kier alpha value is -1.80. The molecule has 0 aliphatic carbocycles. The van der Waals surface area contributed by atoms with Crippen molar-refractivity contribution in [2.45, 2.75) is 25.9 Å². The number of ether oxygens (including phenoxy) is 1. The molecule has 20 heavy (non-hydrogen) atoms. The number of benzene rings is 2. The zero-order chi connectivity index (χ0) is 14.6. The first kappa shape index (κ1) is 14.6. The normalized spacial score (nSPS) is 11.2. The van der Waals surface area contributed by atoms with Gasteiger partial charge in [0, 0.05) is 0 Å². The summed E-state index contributed by atoms with van der Waals surface area (Å²) in [4.78, 5) is 11.4. The Kier molecular flexibility index (Phi) is 4.46. The monoisotopic (exact) mass is 288 g/mol. The number of halogens is 1. The summed E-state index contributed by atoms with van der Waals surface area (Å²) in [7, 11) is 0. The largest absolute Gasteiger partial charge is 0.489 e.